The molecule has 0 aliphatic carbocycles. The van der Waals surface area contributed by atoms with E-state index in [4.69, 9.17) is 19.9 Å². The molecule has 144 valence electrons. The number of amides is 2. The fourth-order valence-corrected chi connectivity index (χ4v) is 2.05. The number of hydrazine groups is 1. The third-order valence-corrected chi connectivity index (χ3v) is 3.39. The molecule has 0 saturated carbocycles. The van der Waals surface area contributed by atoms with Crippen molar-refractivity contribution >= 4 is 23.7 Å². The minimum atomic E-state index is -0.868. The van der Waals surface area contributed by atoms with E-state index >= 15 is 0 Å². The quantitative estimate of drug-likeness (QED) is 0.472. The molecule has 0 spiro atoms. The number of nitrogen functional groups attached to an aromatic ring is 1. The Morgan fingerprint density at radius 3 is 2.44 bits per heavy atom. The molecule has 0 saturated heterocycles. The van der Waals surface area contributed by atoms with Crippen LogP contribution < -0.4 is 26.1 Å². The van der Waals surface area contributed by atoms with E-state index in [-0.39, 0.29) is 22.7 Å². The minimum absolute atomic E-state index is 0.0582. The molecule has 27 heavy (non-hydrogen) atoms. The van der Waals surface area contributed by atoms with Gasteiger partial charge in [-0.3, -0.25) is 20.4 Å². The van der Waals surface area contributed by atoms with E-state index in [1.165, 1.54) is 33.3 Å². The number of aromatic nitrogens is 1. The van der Waals surface area contributed by atoms with Gasteiger partial charge in [-0.25, -0.2) is 4.79 Å². The van der Waals surface area contributed by atoms with Crippen molar-refractivity contribution in [3.8, 4) is 11.5 Å². The largest absolute Gasteiger partial charge is 0.493 e. The summed E-state index contributed by atoms with van der Waals surface area (Å²) in [4.78, 5) is 35.6. The molecule has 0 bridgehead atoms. The summed E-state index contributed by atoms with van der Waals surface area (Å²) in [6.45, 7) is 0.856. The first-order valence-electron chi connectivity index (χ1n) is 7.57. The molecule has 2 amide bonds. The number of anilines is 1. The average molecular weight is 378 g/mol. The topological polar surface area (TPSA) is 155 Å². The fraction of sp³-hybridized carbons (Fsp3) is 0.250. The van der Waals surface area contributed by atoms with Crippen LogP contribution in [0.3, 0.4) is 0 Å². The number of rotatable bonds is 6. The number of carbonyl (C=O) groups is 3. The number of hydrogen-bond donors (Lipinski definition) is 3. The highest BCUT2D eigenvalue weighted by Gasteiger charge is 2.21. The first-order chi connectivity index (χ1) is 12.9. The second-order valence-corrected chi connectivity index (χ2v) is 5.16. The Labute approximate surface area is 153 Å². The molecule has 11 heteroatoms. The molecule has 0 aliphatic rings. The van der Waals surface area contributed by atoms with Crippen LogP contribution in [0, 0.1) is 6.92 Å². The van der Waals surface area contributed by atoms with Crippen molar-refractivity contribution in [3.05, 3.63) is 35.0 Å². The van der Waals surface area contributed by atoms with Crippen LogP contribution in [-0.2, 0) is 9.53 Å². The number of aryl methyl sites for hydroxylation is 1. The first kappa shape index (κ1) is 19.6. The number of nitrogens with zero attached hydrogens (tertiary/aromatic N) is 1. The predicted molar refractivity (Wildman–Crippen MR) is 91.1 cm³/mol. The summed E-state index contributed by atoms with van der Waals surface area (Å²) in [5.74, 6) is -1.63. The van der Waals surface area contributed by atoms with Gasteiger partial charge in [-0.2, -0.15) is 0 Å². The minimum Gasteiger partial charge on any atom is -0.493 e. The van der Waals surface area contributed by atoms with Crippen LogP contribution in [0.25, 0.3) is 0 Å². The molecule has 0 aliphatic heterocycles. The number of nitrogens with two attached hydrogens (primary N) is 1. The normalized spacial score (nSPS) is 10.0. The maximum absolute atomic E-state index is 12.1. The monoisotopic (exact) mass is 378 g/mol. The van der Waals surface area contributed by atoms with Gasteiger partial charge in [-0.05, 0) is 25.1 Å². The lowest BCUT2D eigenvalue weighted by molar-refractivity contribution is -0.125. The van der Waals surface area contributed by atoms with E-state index < -0.39 is 24.4 Å². The van der Waals surface area contributed by atoms with Gasteiger partial charge in [0, 0.05) is 5.56 Å². The second kappa shape index (κ2) is 8.56. The van der Waals surface area contributed by atoms with Crippen molar-refractivity contribution in [3.63, 3.8) is 0 Å². The van der Waals surface area contributed by atoms with Crippen LogP contribution in [-0.4, -0.2) is 43.8 Å². The van der Waals surface area contributed by atoms with Gasteiger partial charge in [0.05, 0.1) is 19.9 Å². The number of esters is 1. The lowest BCUT2D eigenvalue weighted by Crippen LogP contribution is -2.43. The van der Waals surface area contributed by atoms with Gasteiger partial charge >= 0.3 is 5.97 Å². The highest BCUT2D eigenvalue weighted by Crippen LogP contribution is 2.27. The Balaban J connectivity index is 1.86. The smallest absolute Gasteiger partial charge is 0.346 e. The van der Waals surface area contributed by atoms with Crippen molar-refractivity contribution < 1.29 is 33.1 Å². The molecule has 2 rings (SSSR count). The van der Waals surface area contributed by atoms with Gasteiger partial charge in [0.25, 0.3) is 11.8 Å². The van der Waals surface area contributed by atoms with Crippen LogP contribution in [0.2, 0.25) is 0 Å². The third kappa shape index (κ3) is 4.66. The Bertz CT molecular complexity index is 843. The van der Waals surface area contributed by atoms with Crippen molar-refractivity contribution in [1.29, 1.82) is 0 Å². The van der Waals surface area contributed by atoms with Gasteiger partial charge < -0.3 is 24.5 Å². The van der Waals surface area contributed by atoms with Crippen molar-refractivity contribution in [2.45, 2.75) is 6.92 Å². The number of ether oxygens (including phenoxy) is 3. The summed E-state index contributed by atoms with van der Waals surface area (Å²) < 4.78 is 19.6. The number of hydrogen-bond acceptors (Lipinski definition) is 9. The summed E-state index contributed by atoms with van der Waals surface area (Å²) in [5, 5.41) is 3.51. The molecule has 0 fully saturated rings. The van der Waals surface area contributed by atoms with Crippen molar-refractivity contribution in [2.75, 3.05) is 26.6 Å². The Morgan fingerprint density at radius 1 is 1.15 bits per heavy atom. The molecule has 0 atom stereocenters. The summed E-state index contributed by atoms with van der Waals surface area (Å²) >= 11 is 0. The van der Waals surface area contributed by atoms with E-state index in [0.717, 1.165) is 0 Å². The molecular weight excluding hydrogens is 360 g/mol. The highest BCUT2D eigenvalue weighted by molar-refractivity contribution is 5.97. The molecule has 1 aromatic heterocycles. The first-order valence-corrected chi connectivity index (χ1v) is 7.57. The van der Waals surface area contributed by atoms with Crippen LogP contribution in [0.5, 0.6) is 11.5 Å². The molecule has 0 unspecified atom stereocenters. The lowest BCUT2D eigenvalue weighted by atomic mass is 10.2. The number of nitrogens with one attached hydrogen (secondary N) is 2. The molecule has 1 heterocycles. The summed E-state index contributed by atoms with van der Waals surface area (Å²) in [5.41, 5.74) is 10.2. The van der Waals surface area contributed by atoms with Crippen LogP contribution in [0.15, 0.2) is 22.7 Å². The molecular formula is C16H18N4O7. The predicted octanol–water partition coefficient (Wildman–Crippen LogP) is 0.200. The zero-order chi connectivity index (χ0) is 20.0. The number of methoxy groups -OCH3 is 2. The molecule has 4 N–H and O–H groups in total. The van der Waals surface area contributed by atoms with Crippen LogP contribution in [0.1, 0.15) is 26.4 Å². The van der Waals surface area contributed by atoms with Crippen molar-refractivity contribution in [2.24, 2.45) is 0 Å². The van der Waals surface area contributed by atoms with E-state index in [1.54, 1.807) is 6.07 Å². The van der Waals surface area contributed by atoms with E-state index in [1.807, 2.05) is 0 Å². The zero-order valence-corrected chi connectivity index (χ0v) is 14.8. The Hall–Kier alpha value is -3.76. The standard InChI is InChI=1S/C16H18N4O7/c1-8-13(14(17)27-20-8)16(23)26-7-12(21)18-19-15(22)9-4-5-10(24-2)11(6-9)25-3/h4-6H,7,17H2,1-3H3,(H,18,21)(H,19,22). The zero-order valence-electron chi connectivity index (χ0n) is 14.8. The van der Waals surface area contributed by atoms with Gasteiger partial charge in [0.2, 0.25) is 5.88 Å². The molecule has 0 radical (unpaired) electrons. The van der Waals surface area contributed by atoms with Gasteiger partial charge in [-0.1, -0.05) is 5.16 Å². The van der Waals surface area contributed by atoms with Gasteiger partial charge in [-0.15, -0.1) is 0 Å². The SMILES string of the molecule is COc1ccc(C(=O)NNC(=O)COC(=O)c2c(C)noc2N)cc1OC. The summed E-state index contributed by atoms with van der Waals surface area (Å²) in [6, 6.07) is 4.47. The maximum atomic E-state index is 12.1. The highest BCUT2D eigenvalue weighted by atomic mass is 16.5. The van der Waals surface area contributed by atoms with Crippen molar-refractivity contribution in [1.82, 2.24) is 16.0 Å². The molecule has 11 nitrogen and oxygen atoms in total. The third-order valence-electron chi connectivity index (χ3n) is 3.39. The average Bonchev–Trinajstić information content (AvgIpc) is 3.01. The van der Waals surface area contributed by atoms with Crippen LogP contribution in [0.4, 0.5) is 5.88 Å². The van der Waals surface area contributed by atoms with Gasteiger partial charge in [0.1, 0.15) is 5.56 Å². The number of carbonyl (C=O) groups excluding carboxylic acids is 3. The molecule has 2 aromatic rings. The van der Waals surface area contributed by atoms with E-state index in [9.17, 15) is 14.4 Å². The van der Waals surface area contributed by atoms with E-state index in [2.05, 4.69) is 20.5 Å². The fourth-order valence-electron chi connectivity index (χ4n) is 2.05. The van der Waals surface area contributed by atoms with E-state index in [0.29, 0.717) is 11.5 Å². The summed E-state index contributed by atoms with van der Waals surface area (Å²) in [7, 11) is 2.90. The second-order valence-electron chi connectivity index (χ2n) is 5.16. The molecule has 1 aromatic carbocycles. The number of benzene rings is 1. The van der Waals surface area contributed by atoms with Crippen LogP contribution >= 0.6 is 0 Å². The summed E-state index contributed by atoms with van der Waals surface area (Å²) in [6.07, 6.45) is 0. The lowest BCUT2D eigenvalue weighted by Gasteiger charge is -2.11. The Kier molecular flexibility index (Phi) is 6.20. The Morgan fingerprint density at radius 2 is 1.85 bits per heavy atom. The van der Waals surface area contributed by atoms with Gasteiger partial charge in [0.15, 0.2) is 18.1 Å². The maximum Gasteiger partial charge on any atom is 0.346 e.